The second-order valence-corrected chi connectivity index (χ2v) is 17.7. The van der Waals surface area contributed by atoms with Crippen LogP contribution < -0.4 is 32.2 Å². The van der Waals surface area contributed by atoms with Crippen LogP contribution in [-0.4, -0.2) is 118 Å². The van der Waals surface area contributed by atoms with Crippen molar-refractivity contribution in [2.45, 2.75) is 114 Å². The minimum absolute atomic E-state index is 0.0211. The first-order valence-electron chi connectivity index (χ1n) is 21.7. The monoisotopic (exact) mass is 895 g/mol. The van der Waals surface area contributed by atoms with Gasteiger partial charge < -0.3 is 55.7 Å². The fraction of sp³-hybridized carbons (Fsp3) is 0.444. The third kappa shape index (κ3) is 11.8. The van der Waals surface area contributed by atoms with Crippen LogP contribution in [0, 0.1) is 0 Å². The molecule has 0 aromatic heterocycles. The molecule has 0 saturated carbocycles. The van der Waals surface area contributed by atoms with E-state index in [9.17, 15) is 53.8 Å². The maximum atomic E-state index is 14.4. The van der Waals surface area contributed by atoms with Crippen LogP contribution in [0.3, 0.4) is 0 Å². The van der Waals surface area contributed by atoms with Crippen LogP contribution in [0.25, 0.3) is 0 Å². The number of carbonyl (C=O) groups excluding carboxylic acids is 5. The number of unbranched alkanes of at least 4 members (excludes halogenated alkanes) is 1. The van der Waals surface area contributed by atoms with Gasteiger partial charge in [-0.1, -0.05) is 42.5 Å². The molecule has 4 atom stereocenters. The molecule has 5 amide bonds. The highest BCUT2D eigenvalue weighted by Crippen LogP contribution is 2.32. The minimum atomic E-state index is -1.59. The van der Waals surface area contributed by atoms with Crippen LogP contribution in [0.15, 0.2) is 66.7 Å². The first kappa shape index (κ1) is 48.4. The van der Waals surface area contributed by atoms with Gasteiger partial charge >= 0.3 is 26.2 Å². The number of amides is 5. The molecular weight excluding hydrogens is 840 g/mol. The predicted octanol–water partition coefficient (Wildman–Crippen LogP) is 0.444. The summed E-state index contributed by atoms with van der Waals surface area (Å²) in [5, 5.41) is 51.0. The Bertz CT molecular complexity index is 2310. The van der Waals surface area contributed by atoms with E-state index in [1.165, 1.54) is 17.0 Å². The van der Waals surface area contributed by atoms with E-state index in [4.69, 9.17) is 9.31 Å². The van der Waals surface area contributed by atoms with Crippen molar-refractivity contribution >= 4 is 66.6 Å². The molecule has 1 fully saturated rings. The Hall–Kier alpha value is -6.08. The SMILES string of the molecule is CC1(C)OB(O)c2cc(C(=O)N[C@@H]3C[C@@H](C(=O)N[C@@H](CCCCNC(=O)CCc4ccccc4)C(=O)N[C@@H](CCC(=O)O)C(=O)O)N(C(=O)c4ccc5c(c4)B(O)OC5(C)C)C3)ccc21. The number of hydrogen-bond acceptors (Lipinski definition) is 11. The lowest BCUT2D eigenvalue weighted by molar-refractivity contribution is -0.143. The van der Waals surface area contributed by atoms with E-state index in [2.05, 4.69) is 21.3 Å². The normalized spacial score (nSPS) is 18.8. The fourth-order valence-corrected chi connectivity index (χ4v) is 8.59. The summed E-state index contributed by atoms with van der Waals surface area (Å²) in [7, 11) is -2.56. The van der Waals surface area contributed by atoms with Crippen LogP contribution in [0.1, 0.15) is 110 Å². The van der Waals surface area contributed by atoms with Gasteiger partial charge in [-0.2, -0.15) is 0 Å². The van der Waals surface area contributed by atoms with Crippen LogP contribution in [0.2, 0.25) is 0 Å². The number of nitrogens with one attached hydrogen (secondary N) is 4. The summed E-state index contributed by atoms with van der Waals surface area (Å²) >= 11 is 0. The Kier molecular flexibility index (Phi) is 15.2. The molecule has 20 heteroatoms. The molecule has 18 nitrogen and oxygen atoms in total. The van der Waals surface area contributed by atoms with Gasteiger partial charge in [0.25, 0.3) is 11.8 Å². The van der Waals surface area contributed by atoms with E-state index in [0.717, 1.165) is 5.56 Å². The quantitative estimate of drug-likeness (QED) is 0.0601. The molecule has 3 aliphatic heterocycles. The third-order valence-electron chi connectivity index (χ3n) is 12.1. The van der Waals surface area contributed by atoms with E-state index in [0.29, 0.717) is 34.9 Å². The number of carboxylic acid groups (broad SMARTS) is 2. The molecule has 0 radical (unpaired) electrons. The average Bonchev–Trinajstić information content (AvgIpc) is 3.86. The smallest absolute Gasteiger partial charge is 0.481 e. The van der Waals surface area contributed by atoms with E-state index >= 15 is 0 Å². The minimum Gasteiger partial charge on any atom is -0.481 e. The molecule has 0 spiro atoms. The molecule has 3 heterocycles. The van der Waals surface area contributed by atoms with Crippen LogP contribution in [0.5, 0.6) is 0 Å². The van der Waals surface area contributed by atoms with Crippen LogP contribution >= 0.6 is 0 Å². The number of carbonyl (C=O) groups is 7. The second-order valence-electron chi connectivity index (χ2n) is 17.7. The molecule has 0 aliphatic carbocycles. The molecule has 3 aromatic rings. The number of benzene rings is 3. The van der Waals surface area contributed by atoms with Gasteiger partial charge in [0.2, 0.25) is 17.7 Å². The summed E-state index contributed by atoms with van der Waals surface area (Å²) in [6.07, 6.45) is 0.375. The molecule has 1 saturated heterocycles. The number of hydrogen-bond donors (Lipinski definition) is 8. The lowest BCUT2D eigenvalue weighted by Gasteiger charge is -2.27. The fourth-order valence-electron chi connectivity index (χ4n) is 8.59. The van der Waals surface area contributed by atoms with Crippen molar-refractivity contribution in [2.24, 2.45) is 0 Å². The first-order chi connectivity index (χ1) is 30.7. The number of fused-ring (bicyclic) bond motifs is 2. The standard InChI is InChI=1S/C45H55B2N5O13/c1-44(2)30-16-14-27(22-32(30)46(62)64-44)39(56)49-29-24-36(52(25-29)42(59)28-15-17-31-33(23-28)47(63)65-45(31,3)4)41(58)50-34(40(57)51-35(43(60)61)18-20-38(54)55)12-8-9-21-48-37(53)19-13-26-10-6-5-7-11-26/h5-7,10-11,14-17,22-23,29,34-36,62-63H,8-9,12-13,18-21,24-25H2,1-4H3,(H,48,53)(H,49,56)(H,50,58)(H,51,57)(H,54,55)(H,60,61)/t29-,34+,35+,36+/m1/s1. The van der Waals surface area contributed by atoms with E-state index in [-0.39, 0.29) is 55.8 Å². The second kappa shape index (κ2) is 20.4. The molecular formula is C45H55B2N5O13. The highest BCUT2D eigenvalue weighted by atomic mass is 16.5. The zero-order valence-electron chi connectivity index (χ0n) is 36.8. The molecule has 0 bridgehead atoms. The molecule has 0 unspecified atom stereocenters. The molecule has 344 valence electrons. The van der Waals surface area contributed by atoms with Gasteiger partial charge in [0.15, 0.2) is 0 Å². The van der Waals surface area contributed by atoms with E-state index < -0.39 is 98.0 Å². The summed E-state index contributed by atoms with van der Waals surface area (Å²) < 4.78 is 11.3. The van der Waals surface area contributed by atoms with Crippen molar-refractivity contribution in [3.63, 3.8) is 0 Å². The van der Waals surface area contributed by atoms with Gasteiger partial charge in [0.05, 0.1) is 11.2 Å². The number of likely N-dealkylation sites (tertiary alicyclic amines) is 1. The molecule has 3 aromatic carbocycles. The van der Waals surface area contributed by atoms with E-state index in [1.54, 1.807) is 52.0 Å². The number of carboxylic acids is 2. The number of aliphatic carboxylic acids is 2. The number of aryl methyl sites for hydroxylation is 1. The van der Waals surface area contributed by atoms with E-state index in [1.807, 2.05) is 30.3 Å². The Labute approximate surface area is 377 Å². The maximum Gasteiger partial charge on any atom is 0.492 e. The molecule has 65 heavy (non-hydrogen) atoms. The highest BCUT2D eigenvalue weighted by Gasteiger charge is 2.45. The van der Waals surface area contributed by atoms with Crippen molar-refractivity contribution in [3.05, 3.63) is 94.5 Å². The summed E-state index contributed by atoms with van der Waals surface area (Å²) in [6.45, 7) is 7.23. The molecule has 3 aliphatic rings. The topological polar surface area (TPSA) is 270 Å². The first-order valence-corrected chi connectivity index (χ1v) is 21.7. The zero-order chi connectivity index (χ0) is 47.2. The summed E-state index contributed by atoms with van der Waals surface area (Å²) in [4.78, 5) is 93.4. The predicted molar refractivity (Wildman–Crippen MR) is 237 cm³/mol. The Balaban J connectivity index is 1.20. The summed E-state index contributed by atoms with van der Waals surface area (Å²) in [6, 6.07) is 14.0. The number of rotatable bonds is 19. The zero-order valence-corrected chi connectivity index (χ0v) is 36.8. The Morgan fingerprint density at radius 1 is 0.769 bits per heavy atom. The highest BCUT2D eigenvalue weighted by molar-refractivity contribution is 6.62. The van der Waals surface area contributed by atoms with Crippen LogP contribution in [0.4, 0.5) is 0 Å². The summed E-state index contributed by atoms with van der Waals surface area (Å²) in [5.74, 6) is -5.77. The van der Waals surface area contributed by atoms with Crippen molar-refractivity contribution in [3.8, 4) is 0 Å². The van der Waals surface area contributed by atoms with Crippen molar-refractivity contribution < 1.29 is 63.1 Å². The summed E-state index contributed by atoms with van der Waals surface area (Å²) in [5.41, 5.74) is 1.88. The van der Waals surface area contributed by atoms with Gasteiger partial charge in [-0.3, -0.25) is 28.8 Å². The Morgan fingerprint density at radius 2 is 1.38 bits per heavy atom. The Morgan fingerprint density at radius 3 is 2.00 bits per heavy atom. The molecule has 8 N–H and O–H groups in total. The maximum absolute atomic E-state index is 14.4. The number of nitrogens with zero attached hydrogens (tertiary/aromatic N) is 1. The van der Waals surface area contributed by atoms with Gasteiger partial charge in [-0.05, 0) is 118 Å². The lowest BCUT2D eigenvalue weighted by Crippen LogP contribution is -2.55. The third-order valence-corrected chi connectivity index (χ3v) is 12.1. The van der Waals surface area contributed by atoms with Crippen LogP contribution in [-0.2, 0) is 50.9 Å². The largest absolute Gasteiger partial charge is 0.492 e. The van der Waals surface area contributed by atoms with Gasteiger partial charge in [0, 0.05) is 43.1 Å². The lowest BCUT2D eigenvalue weighted by atomic mass is 9.77. The van der Waals surface area contributed by atoms with Crippen molar-refractivity contribution in [1.82, 2.24) is 26.2 Å². The van der Waals surface area contributed by atoms with Gasteiger partial charge in [0.1, 0.15) is 18.1 Å². The van der Waals surface area contributed by atoms with Gasteiger partial charge in [-0.15, -0.1) is 0 Å². The van der Waals surface area contributed by atoms with Gasteiger partial charge in [-0.25, -0.2) is 4.79 Å². The van der Waals surface area contributed by atoms with Crippen molar-refractivity contribution in [2.75, 3.05) is 13.1 Å². The average molecular weight is 896 g/mol. The van der Waals surface area contributed by atoms with Crippen molar-refractivity contribution in [1.29, 1.82) is 0 Å². The molecule has 6 rings (SSSR count).